The number of hydrogen-bond acceptors (Lipinski definition) is 5. The van der Waals surface area contributed by atoms with Crippen molar-refractivity contribution in [3.05, 3.63) is 81.9 Å². The van der Waals surface area contributed by atoms with E-state index in [0.717, 1.165) is 6.07 Å². The zero-order valence-electron chi connectivity index (χ0n) is 19.5. The molecule has 1 atom stereocenters. The number of ketones is 1. The van der Waals surface area contributed by atoms with Gasteiger partial charge in [0.25, 0.3) is 5.91 Å². The van der Waals surface area contributed by atoms with Gasteiger partial charge in [-0.2, -0.15) is 13.2 Å². The Hall–Kier alpha value is -4.01. The third kappa shape index (κ3) is 5.40. The average Bonchev–Trinajstić information content (AvgIpc) is 2.78. The molecule has 0 aliphatic carbocycles. The van der Waals surface area contributed by atoms with E-state index in [2.05, 4.69) is 10.6 Å². The molecule has 0 aromatic heterocycles. The van der Waals surface area contributed by atoms with Crippen LogP contribution in [0.3, 0.4) is 0 Å². The second kappa shape index (κ2) is 9.69. The number of rotatable bonds is 6. The lowest BCUT2D eigenvalue weighted by Crippen LogP contribution is -2.23. The Bertz CT molecular complexity index is 1290. The van der Waals surface area contributed by atoms with Crippen LogP contribution in [0.1, 0.15) is 55.8 Å². The largest absolute Gasteiger partial charge is 0.506 e. The molecule has 0 saturated carbocycles. The summed E-state index contributed by atoms with van der Waals surface area (Å²) in [6.45, 7) is 4.32. The van der Waals surface area contributed by atoms with Crippen LogP contribution in [0.2, 0.25) is 0 Å². The fourth-order valence-electron chi connectivity index (χ4n) is 3.86. The molecule has 6 nitrogen and oxygen atoms in total. The zero-order chi connectivity index (χ0) is 26.1. The number of benzene rings is 3. The van der Waals surface area contributed by atoms with Gasteiger partial charge in [-0.25, -0.2) is 0 Å². The summed E-state index contributed by atoms with van der Waals surface area (Å²) >= 11 is 0. The Balaban J connectivity index is 2.06. The number of phenols is 2. The Morgan fingerprint density at radius 3 is 1.74 bits per heavy atom. The highest BCUT2D eigenvalue weighted by molar-refractivity contribution is 6.06. The topological polar surface area (TPSA) is 98.7 Å². The van der Waals surface area contributed by atoms with Gasteiger partial charge in [-0.1, -0.05) is 24.3 Å². The fraction of sp³-hybridized carbons (Fsp3) is 0.231. The molecule has 184 valence electrons. The van der Waals surface area contributed by atoms with Gasteiger partial charge in [0.2, 0.25) is 0 Å². The van der Waals surface area contributed by atoms with E-state index in [1.807, 2.05) is 0 Å². The van der Waals surface area contributed by atoms with Crippen molar-refractivity contribution in [2.45, 2.75) is 32.9 Å². The third-order valence-corrected chi connectivity index (χ3v) is 5.71. The average molecular weight is 486 g/mol. The lowest BCUT2D eigenvalue weighted by Gasteiger charge is -2.24. The second-order valence-electron chi connectivity index (χ2n) is 8.28. The molecule has 0 bridgehead atoms. The van der Waals surface area contributed by atoms with Gasteiger partial charge in [0.1, 0.15) is 17.4 Å². The van der Waals surface area contributed by atoms with Crippen LogP contribution in [0.5, 0.6) is 11.5 Å². The monoisotopic (exact) mass is 486 g/mol. The van der Waals surface area contributed by atoms with Gasteiger partial charge in [0, 0.05) is 18.2 Å². The van der Waals surface area contributed by atoms with Crippen LogP contribution < -0.4 is 10.6 Å². The molecule has 0 radical (unpaired) electrons. The van der Waals surface area contributed by atoms with Gasteiger partial charge in [-0.3, -0.25) is 9.59 Å². The maximum Gasteiger partial charge on any atom is 0.399 e. The summed E-state index contributed by atoms with van der Waals surface area (Å²) < 4.78 is 42.9. The minimum atomic E-state index is -4.71. The zero-order valence-corrected chi connectivity index (χ0v) is 19.5. The van der Waals surface area contributed by atoms with E-state index in [9.17, 15) is 33.0 Å². The van der Waals surface area contributed by atoms with Crippen molar-refractivity contribution in [1.29, 1.82) is 0 Å². The predicted octanol–water partition coefficient (Wildman–Crippen LogP) is 5.91. The number of alkyl halides is 3. The van der Waals surface area contributed by atoms with Crippen molar-refractivity contribution in [3.8, 4) is 11.5 Å². The van der Waals surface area contributed by atoms with Crippen LogP contribution in [0, 0.1) is 13.8 Å². The van der Waals surface area contributed by atoms with E-state index in [-0.39, 0.29) is 56.5 Å². The SMILES string of the molecule is CNc1cc(C(c2cc(C)c(O)c(NC(=O)c3ccc(C(C)=O)cc3)c2)C(F)(F)F)cc(C)c1O. The lowest BCUT2D eigenvalue weighted by atomic mass is 9.87. The van der Waals surface area contributed by atoms with Gasteiger partial charge in [-0.15, -0.1) is 0 Å². The molecule has 3 aromatic rings. The van der Waals surface area contributed by atoms with Crippen LogP contribution in [-0.4, -0.2) is 35.1 Å². The molecule has 0 fully saturated rings. The molecule has 3 rings (SSSR count). The molecule has 0 aliphatic rings. The molecular formula is C26H25F3N2O4. The maximum absolute atomic E-state index is 14.3. The van der Waals surface area contributed by atoms with Crippen molar-refractivity contribution in [1.82, 2.24) is 0 Å². The minimum absolute atomic E-state index is 0.112. The first-order valence-corrected chi connectivity index (χ1v) is 10.7. The first kappa shape index (κ1) is 25.6. The van der Waals surface area contributed by atoms with Gasteiger partial charge in [-0.05, 0) is 67.3 Å². The summed E-state index contributed by atoms with van der Waals surface area (Å²) in [5.41, 5.74) is 0.633. The molecule has 1 unspecified atom stereocenters. The van der Waals surface area contributed by atoms with Crippen LogP contribution in [0.4, 0.5) is 24.5 Å². The highest BCUT2D eigenvalue weighted by atomic mass is 19.4. The first-order chi connectivity index (χ1) is 16.3. The number of aryl methyl sites for hydroxylation is 2. The van der Waals surface area contributed by atoms with Crippen LogP contribution in [0.25, 0.3) is 0 Å². The number of anilines is 2. The fourth-order valence-corrected chi connectivity index (χ4v) is 3.86. The molecule has 0 spiro atoms. The van der Waals surface area contributed by atoms with Gasteiger partial charge in [0.05, 0.1) is 11.4 Å². The van der Waals surface area contributed by atoms with Crippen LogP contribution in [-0.2, 0) is 0 Å². The summed E-state index contributed by atoms with van der Waals surface area (Å²) in [5.74, 6) is -3.43. The molecule has 0 saturated heterocycles. The minimum Gasteiger partial charge on any atom is -0.506 e. The Kier molecular flexibility index (Phi) is 7.09. The molecule has 1 amide bonds. The van der Waals surface area contributed by atoms with Crippen molar-refractivity contribution < 1.29 is 33.0 Å². The van der Waals surface area contributed by atoms with E-state index in [1.54, 1.807) is 0 Å². The molecule has 0 aliphatic heterocycles. The summed E-state index contributed by atoms with van der Waals surface area (Å²) in [6, 6.07) is 10.5. The number of phenolic OH excluding ortho intramolecular Hbond substituents is 2. The number of carbonyl (C=O) groups is 2. The third-order valence-electron chi connectivity index (χ3n) is 5.71. The van der Waals surface area contributed by atoms with Crippen molar-refractivity contribution in [3.63, 3.8) is 0 Å². The van der Waals surface area contributed by atoms with E-state index in [1.165, 1.54) is 70.3 Å². The first-order valence-electron chi connectivity index (χ1n) is 10.7. The van der Waals surface area contributed by atoms with E-state index >= 15 is 0 Å². The number of halogens is 3. The van der Waals surface area contributed by atoms with Gasteiger partial charge >= 0.3 is 6.18 Å². The number of nitrogens with one attached hydrogen (secondary N) is 2. The molecule has 9 heteroatoms. The van der Waals surface area contributed by atoms with Gasteiger partial charge in [0.15, 0.2) is 5.78 Å². The van der Waals surface area contributed by atoms with Gasteiger partial charge < -0.3 is 20.8 Å². The number of amides is 1. The van der Waals surface area contributed by atoms with Crippen LogP contribution in [0.15, 0.2) is 48.5 Å². The number of Topliss-reactive ketones (excluding diaryl/α,β-unsaturated/α-hetero) is 1. The lowest BCUT2D eigenvalue weighted by molar-refractivity contribution is -0.141. The molecule has 3 aromatic carbocycles. The predicted molar refractivity (Wildman–Crippen MR) is 128 cm³/mol. The standard InChI is InChI=1S/C26H25F3N2O4/c1-13-9-18(11-20(30-4)23(13)33)22(26(27,28)29)19-10-14(2)24(34)21(12-19)31-25(35)17-7-5-16(6-8-17)15(3)32/h5-12,22,30,33-34H,1-4H3,(H,31,35). The quantitative estimate of drug-likeness (QED) is 0.257. The highest BCUT2D eigenvalue weighted by Crippen LogP contribution is 2.45. The van der Waals surface area contributed by atoms with Crippen molar-refractivity contribution >= 4 is 23.1 Å². The van der Waals surface area contributed by atoms with E-state index in [0.29, 0.717) is 5.56 Å². The Morgan fingerprint density at radius 1 is 0.829 bits per heavy atom. The smallest absolute Gasteiger partial charge is 0.399 e. The molecule has 35 heavy (non-hydrogen) atoms. The van der Waals surface area contributed by atoms with Crippen molar-refractivity contribution in [2.24, 2.45) is 0 Å². The van der Waals surface area contributed by atoms with Crippen LogP contribution >= 0.6 is 0 Å². The van der Waals surface area contributed by atoms with E-state index in [4.69, 9.17) is 0 Å². The molecular weight excluding hydrogens is 461 g/mol. The Morgan fingerprint density at radius 2 is 1.29 bits per heavy atom. The summed E-state index contributed by atoms with van der Waals surface area (Å²) in [6.07, 6.45) is -4.71. The number of hydrogen-bond donors (Lipinski definition) is 4. The summed E-state index contributed by atoms with van der Waals surface area (Å²) in [5, 5.41) is 25.7. The normalized spacial score (nSPS) is 12.2. The second-order valence-corrected chi connectivity index (χ2v) is 8.28. The Labute approximate surface area is 200 Å². The molecule has 4 N–H and O–H groups in total. The highest BCUT2D eigenvalue weighted by Gasteiger charge is 2.43. The molecule has 0 heterocycles. The summed E-state index contributed by atoms with van der Waals surface area (Å²) in [7, 11) is 1.49. The number of aromatic hydroxyl groups is 2. The van der Waals surface area contributed by atoms with Crippen molar-refractivity contribution in [2.75, 3.05) is 17.7 Å². The summed E-state index contributed by atoms with van der Waals surface area (Å²) in [4.78, 5) is 24.1. The maximum atomic E-state index is 14.3. The van der Waals surface area contributed by atoms with E-state index < -0.39 is 18.0 Å². The number of carbonyl (C=O) groups excluding carboxylic acids is 2.